The molecule has 1 rings (SSSR count). The number of hydrogen-bond acceptors (Lipinski definition) is 5. The summed E-state index contributed by atoms with van der Waals surface area (Å²) in [4.78, 5) is 11.3. The Morgan fingerprint density at radius 2 is 1.95 bits per heavy atom. The van der Waals surface area contributed by atoms with Crippen LogP contribution in [0.4, 0.5) is 0 Å². The summed E-state index contributed by atoms with van der Waals surface area (Å²) in [6.07, 6.45) is 1.38. The lowest BCUT2D eigenvalue weighted by Crippen LogP contribution is -2.33. The zero-order valence-electron chi connectivity index (χ0n) is 13.2. The van der Waals surface area contributed by atoms with E-state index in [2.05, 4.69) is 18.6 Å². The van der Waals surface area contributed by atoms with Crippen LogP contribution in [0.15, 0.2) is 18.2 Å². The Bertz CT molecular complexity index is 460. The van der Waals surface area contributed by atoms with E-state index in [1.165, 1.54) is 7.11 Å². The zero-order valence-corrected chi connectivity index (χ0v) is 13.2. The molecule has 0 heterocycles. The van der Waals surface area contributed by atoms with Gasteiger partial charge in [0.25, 0.3) is 0 Å². The molecule has 0 aliphatic carbocycles. The van der Waals surface area contributed by atoms with Crippen LogP contribution in [0, 0.1) is 5.92 Å². The SMILES string of the molecule is COC(=O)C(N)Cc1ccc(OCCC(C)C)c(OC)c1. The van der Waals surface area contributed by atoms with Gasteiger partial charge in [-0.05, 0) is 36.5 Å². The second-order valence-corrected chi connectivity index (χ2v) is 5.35. The van der Waals surface area contributed by atoms with Crippen molar-refractivity contribution >= 4 is 5.97 Å². The van der Waals surface area contributed by atoms with Gasteiger partial charge in [0.2, 0.25) is 0 Å². The molecule has 118 valence electrons. The summed E-state index contributed by atoms with van der Waals surface area (Å²) in [5.41, 5.74) is 6.66. The molecule has 0 saturated carbocycles. The molecule has 0 spiro atoms. The number of esters is 1. The van der Waals surface area contributed by atoms with Gasteiger partial charge in [-0.15, -0.1) is 0 Å². The topological polar surface area (TPSA) is 70.8 Å². The first kappa shape index (κ1) is 17.3. The average molecular weight is 295 g/mol. The summed E-state index contributed by atoms with van der Waals surface area (Å²) in [5, 5.41) is 0. The summed E-state index contributed by atoms with van der Waals surface area (Å²) < 4.78 is 15.7. The summed E-state index contributed by atoms with van der Waals surface area (Å²) >= 11 is 0. The normalized spacial score (nSPS) is 12.1. The molecule has 0 amide bonds. The molecule has 0 fully saturated rings. The van der Waals surface area contributed by atoms with E-state index in [1.807, 2.05) is 18.2 Å². The lowest BCUT2D eigenvalue weighted by atomic mass is 10.1. The van der Waals surface area contributed by atoms with E-state index >= 15 is 0 Å². The Hall–Kier alpha value is -1.75. The fraction of sp³-hybridized carbons (Fsp3) is 0.562. The highest BCUT2D eigenvalue weighted by Crippen LogP contribution is 2.28. The lowest BCUT2D eigenvalue weighted by molar-refractivity contribution is -0.142. The van der Waals surface area contributed by atoms with Crippen molar-refractivity contribution in [2.75, 3.05) is 20.8 Å². The van der Waals surface area contributed by atoms with Gasteiger partial charge < -0.3 is 19.9 Å². The van der Waals surface area contributed by atoms with Gasteiger partial charge >= 0.3 is 5.97 Å². The van der Waals surface area contributed by atoms with Crippen LogP contribution in [0.5, 0.6) is 11.5 Å². The van der Waals surface area contributed by atoms with Crippen LogP contribution >= 0.6 is 0 Å². The third-order valence-corrected chi connectivity index (χ3v) is 3.14. The minimum absolute atomic E-state index is 0.398. The molecule has 1 aromatic carbocycles. The molecule has 1 atom stereocenters. The number of benzene rings is 1. The van der Waals surface area contributed by atoms with Crippen LogP contribution in [0.25, 0.3) is 0 Å². The minimum atomic E-state index is -0.674. The van der Waals surface area contributed by atoms with E-state index in [-0.39, 0.29) is 0 Å². The third kappa shape index (κ3) is 5.63. The molecule has 1 unspecified atom stereocenters. The zero-order chi connectivity index (χ0) is 15.8. The van der Waals surface area contributed by atoms with Gasteiger partial charge in [-0.25, -0.2) is 0 Å². The second-order valence-electron chi connectivity index (χ2n) is 5.35. The maximum atomic E-state index is 11.3. The Kier molecular flexibility index (Phi) is 7.02. The quantitative estimate of drug-likeness (QED) is 0.744. The van der Waals surface area contributed by atoms with Gasteiger partial charge in [0.15, 0.2) is 11.5 Å². The Morgan fingerprint density at radius 3 is 2.52 bits per heavy atom. The average Bonchev–Trinajstić information content (AvgIpc) is 2.47. The van der Waals surface area contributed by atoms with Gasteiger partial charge in [-0.3, -0.25) is 4.79 Å². The van der Waals surface area contributed by atoms with E-state index in [0.29, 0.717) is 30.4 Å². The highest BCUT2D eigenvalue weighted by molar-refractivity contribution is 5.75. The van der Waals surface area contributed by atoms with Gasteiger partial charge in [0.1, 0.15) is 6.04 Å². The van der Waals surface area contributed by atoms with Crippen LogP contribution in [0.3, 0.4) is 0 Å². The van der Waals surface area contributed by atoms with Crippen molar-refractivity contribution in [3.05, 3.63) is 23.8 Å². The van der Waals surface area contributed by atoms with Crippen molar-refractivity contribution in [2.45, 2.75) is 32.7 Å². The maximum absolute atomic E-state index is 11.3. The number of rotatable bonds is 8. The molecule has 2 N–H and O–H groups in total. The van der Waals surface area contributed by atoms with Gasteiger partial charge in [0.05, 0.1) is 20.8 Å². The summed E-state index contributed by atoms with van der Waals surface area (Å²) in [6.45, 7) is 4.95. The number of carbonyl (C=O) groups excluding carboxylic acids is 1. The number of hydrogen-bond donors (Lipinski definition) is 1. The van der Waals surface area contributed by atoms with Crippen LogP contribution < -0.4 is 15.2 Å². The molecular weight excluding hydrogens is 270 g/mol. The van der Waals surface area contributed by atoms with Crippen molar-refractivity contribution in [3.8, 4) is 11.5 Å². The minimum Gasteiger partial charge on any atom is -0.493 e. The molecule has 0 aromatic heterocycles. The monoisotopic (exact) mass is 295 g/mol. The van der Waals surface area contributed by atoms with Crippen molar-refractivity contribution in [1.29, 1.82) is 0 Å². The molecule has 1 aromatic rings. The van der Waals surface area contributed by atoms with Gasteiger partial charge in [-0.2, -0.15) is 0 Å². The first-order valence-electron chi connectivity index (χ1n) is 7.11. The molecule has 0 saturated heterocycles. The van der Waals surface area contributed by atoms with E-state index < -0.39 is 12.0 Å². The number of methoxy groups -OCH3 is 2. The molecule has 0 radical (unpaired) electrons. The second kappa shape index (κ2) is 8.52. The van der Waals surface area contributed by atoms with Crippen LogP contribution in [-0.4, -0.2) is 32.8 Å². The van der Waals surface area contributed by atoms with Crippen LogP contribution in [-0.2, 0) is 16.0 Å². The van der Waals surface area contributed by atoms with Gasteiger partial charge in [0, 0.05) is 0 Å². The first-order valence-corrected chi connectivity index (χ1v) is 7.11. The van der Waals surface area contributed by atoms with Crippen molar-refractivity contribution < 1.29 is 19.0 Å². The van der Waals surface area contributed by atoms with Crippen LogP contribution in [0.1, 0.15) is 25.8 Å². The highest BCUT2D eigenvalue weighted by Gasteiger charge is 2.15. The van der Waals surface area contributed by atoms with E-state index in [0.717, 1.165) is 12.0 Å². The summed E-state index contributed by atoms with van der Waals surface area (Å²) in [7, 11) is 2.92. The van der Waals surface area contributed by atoms with E-state index in [1.54, 1.807) is 7.11 Å². The highest BCUT2D eigenvalue weighted by atomic mass is 16.5. The van der Waals surface area contributed by atoms with E-state index in [4.69, 9.17) is 15.2 Å². The molecular formula is C16H25NO4. The number of carbonyl (C=O) groups is 1. The number of nitrogens with two attached hydrogens (primary N) is 1. The fourth-order valence-corrected chi connectivity index (χ4v) is 1.85. The molecule has 5 heteroatoms. The fourth-order valence-electron chi connectivity index (χ4n) is 1.85. The largest absolute Gasteiger partial charge is 0.493 e. The standard InChI is InChI=1S/C16H25NO4/c1-11(2)7-8-21-14-6-5-12(10-15(14)19-3)9-13(17)16(18)20-4/h5-6,10-11,13H,7-9,17H2,1-4H3. The summed E-state index contributed by atoms with van der Waals surface area (Å²) in [6, 6.07) is 4.90. The Balaban J connectivity index is 2.71. The third-order valence-electron chi connectivity index (χ3n) is 3.14. The van der Waals surface area contributed by atoms with Crippen molar-refractivity contribution in [3.63, 3.8) is 0 Å². The summed E-state index contributed by atoms with van der Waals surface area (Å²) in [5.74, 6) is 1.52. The predicted molar refractivity (Wildman–Crippen MR) is 81.6 cm³/mol. The van der Waals surface area contributed by atoms with Gasteiger partial charge in [-0.1, -0.05) is 19.9 Å². The maximum Gasteiger partial charge on any atom is 0.322 e. The molecule has 0 bridgehead atoms. The smallest absolute Gasteiger partial charge is 0.322 e. The Morgan fingerprint density at radius 1 is 1.24 bits per heavy atom. The molecule has 0 aliphatic heterocycles. The first-order chi connectivity index (χ1) is 9.97. The lowest BCUT2D eigenvalue weighted by Gasteiger charge is -2.14. The molecule has 21 heavy (non-hydrogen) atoms. The van der Waals surface area contributed by atoms with Crippen molar-refractivity contribution in [2.24, 2.45) is 11.7 Å². The Labute approximate surface area is 126 Å². The predicted octanol–water partition coefficient (Wildman–Crippen LogP) is 2.16. The molecule has 0 aliphatic rings. The van der Waals surface area contributed by atoms with Crippen LogP contribution in [0.2, 0.25) is 0 Å². The van der Waals surface area contributed by atoms with Crippen molar-refractivity contribution in [1.82, 2.24) is 0 Å². The molecule has 5 nitrogen and oxygen atoms in total. The number of ether oxygens (including phenoxy) is 3. The van der Waals surface area contributed by atoms with E-state index in [9.17, 15) is 4.79 Å².